The van der Waals surface area contributed by atoms with E-state index in [-0.39, 0.29) is 6.61 Å². The average molecular weight is 210 g/mol. The number of rotatable bonds is 3. The normalized spacial score (nSPS) is 10.7. The molecule has 14 heavy (non-hydrogen) atoms. The third kappa shape index (κ3) is 1.53. The lowest BCUT2D eigenvalue weighted by Gasteiger charge is -2.00. The predicted octanol–water partition coefficient (Wildman–Crippen LogP) is 1.01. The fraction of sp³-hybridized carbons (Fsp3) is 0.375. The molecule has 0 radical (unpaired) electrons. The van der Waals surface area contributed by atoms with Gasteiger partial charge in [-0.15, -0.1) is 0 Å². The molecule has 2 aromatic rings. The summed E-state index contributed by atoms with van der Waals surface area (Å²) >= 11 is 1.39. The van der Waals surface area contributed by atoms with Crippen molar-refractivity contribution in [3.8, 4) is 0 Å². The first kappa shape index (κ1) is 9.29. The zero-order chi connectivity index (χ0) is 9.97. The van der Waals surface area contributed by atoms with E-state index < -0.39 is 0 Å². The minimum absolute atomic E-state index is 0.0490. The number of aliphatic hydroxyl groups is 1. The summed E-state index contributed by atoms with van der Waals surface area (Å²) < 4.78 is 0. The first-order chi connectivity index (χ1) is 6.85. The number of hydrogen-bond donors (Lipinski definition) is 2. The van der Waals surface area contributed by atoms with Gasteiger partial charge in [-0.05, 0) is 6.92 Å². The van der Waals surface area contributed by atoms with Crippen molar-refractivity contribution in [2.75, 3.05) is 11.9 Å². The van der Waals surface area contributed by atoms with E-state index in [1.165, 1.54) is 17.7 Å². The molecule has 0 atom stereocenters. The van der Waals surface area contributed by atoms with Crippen molar-refractivity contribution in [3.63, 3.8) is 0 Å². The molecule has 0 saturated carbocycles. The fourth-order valence-corrected chi connectivity index (χ4v) is 1.93. The third-order valence-corrected chi connectivity index (χ3v) is 2.67. The number of fused-ring (bicyclic) bond motifs is 1. The van der Waals surface area contributed by atoms with Gasteiger partial charge in [0.2, 0.25) is 0 Å². The Morgan fingerprint density at radius 2 is 2.36 bits per heavy atom. The van der Waals surface area contributed by atoms with E-state index in [4.69, 9.17) is 5.11 Å². The van der Waals surface area contributed by atoms with Crippen LogP contribution < -0.4 is 5.32 Å². The average Bonchev–Trinajstić information content (AvgIpc) is 2.62. The Hall–Kier alpha value is -1.27. The van der Waals surface area contributed by atoms with Crippen LogP contribution in [0.5, 0.6) is 0 Å². The summed E-state index contributed by atoms with van der Waals surface area (Å²) in [5, 5.41) is 12.7. The van der Waals surface area contributed by atoms with Crippen molar-refractivity contribution >= 4 is 27.5 Å². The van der Waals surface area contributed by atoms with E-state index in [1.54, 1.807) is 0 Å². The Morgan fingerprint density at radius 3 is 3.07 bits per heavy atom. The molecule has 0 amide bonds. The lowest BCUT2D eigenvalue weighted by Crippen LogP contribution is -2.00. The van der Waals surface area contributed by atoms with Crippen molar-refractivity contribution in [1.29, 1.82) is 0 Å². The summed E-state index contributed by atoms with van der Waals surface area (Å²) in [5.41, 5.74) is 0.739. The maximum atomic E-state index is 8.94. The van der Waals surface area contributed by atoms with Gasteiger partial charge in [-0.3, -0.25) is 0 Å². The van der Waals surface area contributed by atoms with Gasteiger partial charge < -0.3 is 10.4 Å². The van der Waals surface area contributed by atoms with E-state index in [9.17, 15) is 0 Å². The molecule has 0 aliphatic carbocycles. The lowest BCUT2D eigenvalue weighted by molar-refractivity contribution is 0.281. The zero-order valence-electron chi connectivity index (χ0n) is 7.69. The van der Waals surface area contributed by atoms with Gasteiger partial charge in [0, 0.05) is 6.54 Å². The highest BCUT2D eigenvalue weighted by atomic mass is 32.1. The highest BCUT2D eigenvalue weighted by molar-refractivity contribution is 7.18. The predicted molar refractivity (Wildman–Crippen MR) is 55.3 cm³/mol. The number of anilines is 1. The van der Waals surface area contributed by atoms with Crippen LogP contribution in [0, 0.1) is 0 Å². The largest absolute Gasteiger partial charge is 0.389 e. The Morgan fingerprint density at radius 1 is 1.50 bits per heavy atom. The van der Waals surface area contributed by atoms with E-state index >= 15 is 0 Å². The first-order valence-electron chi connectivity index (χ1n) is 4.30. The van der Waals surface area contributed by atoms with Crippen molar-refractivity contribution in [2.24, 2.45) is 0 Å². The Bertz CT molecular complexity index is 442. The smallest absolute Gasteiger partial charge is 0.156 e. The van der Waals surface area contributed by atoms with Crippen molar-refractivity contribution in [2.45, 2.75) is 13.5 Å². The second kappa shape index (κ2) is 3.85. The number of hydrogen-bond acceptors (Lipinski definition) is 6. The molecule has 6 heteroatoms. The van der Waals surface area contributed by atoms with Crippen LogP contribution in [0.4, 0.5) is 5.82 Å². The molecule has 2 heterocycles. The highest BCUT2D eigenvalue weighted by Crippen LogP contribution is 2.24. The molecule has 74 valence electrons. The summed E-state index contributed by atoms with van der Waals surface area (Å²) in [7, 11) is 0. The standard InChI is InChI=1S/C8H10N4OS/c1-2-9-7-6-8(11-4-10-7)14-5(3-13)12-6/h4,13H,2-3H2,1H3,(H,9,10,11). The second-order valence-electron chi connectivity index (χ2n) is 2.67. The van der Waals surface area contributed by atoms with Crippen LogP contribution in [0.25, 0.3) is 10.3 Å². The van der Waals surface area contributed by atoms with Crippen LogP contribution in [0.15, 0.2) is 6.33 Å². The van der Waals surface area contributed by atoms with Gasteiger partial charge in [0.1, 0.15) is 21.7 Å². The van der Waals surface area contributed by atoms with Crippen LogP contribution in [-0.4, -0.2) is 26.6 Å². The lowest BCUT2D eigenvalue weighted by atomic mass is 10.5. The van der Waals surface area contributed by atoms with Crippen molar-refractivity contribution < 1.29 is 5.11 Å². The van der Waals surface area contributed by atoms with Crippen molar-refractivity contribution in [3.05, 3.63) is 11.3 Å². The zero-order valence-corrected chi connectivity index (χ0v) is 8.51. The molecule has 0 aliphatic heterocycles. The Labute approximate surface area is 84.9 Å². The minimum Gasteiger partial charge on any atom is -0.389 e. The number of nitrogens with zero attached hydrogens (tertiary/aromatic N) is 3. The van der Waals surface area contributed by atoms with E-state index in [1.807, 2.05) is 6.92 Å². The van der Waals surface area contributed by atoms with Crippen LogP contribution in [0.2, 0.25) is 0 Å². The fourth-order valence-electron chi connectivity index (χ4n) is 1.16. The Balaban J connectivity index is 2.55. The molecule has 2 aromatic heterocycles. The first-order valence-corrected chi connectivity index (χ1v) is 5.12. The van der Waals surface area contributed by atoms with Gasteiger partial charge in [0.15, 0.2) is 5.82 Å². The van der Waals surface area contributed by atoms with Gasteiger partial charge in [-0.25, -0.2) is 15.0 Å². The van der Waals surface area contributed by atoms with Crippen LogP contribution >= 0.6 is 11.3 Å². The molecular weight excluding hydrogens is 200 g/mol. The minimum atomic E-state index is -0.0490. The van der Waals surface area contributed by atoms with Gasteiger partial charge in [0.05, 0.1) is 6.61 Å². The van der Waals surface area contributed by atoms with Gasteiger partial charge in [-0.1, -0.05) is 11.3 Å². The summed E-state index contributed by atoms with van der Waals surface area (Å²) in [6.07, 6.45) is 1.50. The SMILES string of the molecule is CCNc1ncnc2sc(CO)nc12. The summed E-state index contributed by atoms with van der Waals surface area (Å²) in [6, 6.07) is 0. The molecule has 0 saturated heterocycles. The van der Waals surface area contributed by atoms with Crippen LogP contribution in [0.1, 0.15) is 11.9 Å². The number of thiazole rings is 1. The molecule has 0 fully saturated rings. The molecule has 0 spiro atoms. The van der Waals surface area contributed by atoms with E-state index in [2.05, 4.69) is 20.3 Å². The topological polar surface area (TPSA) is 70.9 Å². The van der Waals surface area contributed by atoms with Crippen LogP contribution in [-0.2, 0) is 6.61 Å². The number of aliphatic hydroxyl groups excluding tert-OH is 1. The quantitative estimate of drug-likeness (QED) is 0.791. The van der Waals surface area contributed by atoms with Gasteiger partial charge in [0.25, 0.3) is 0 Å². The highest BCUT2D eigenvalue weighted by Gasteiger charge is 2.08. The van der Waals surface area contributed by atoms with E-state index in [0.29, 0.717) is 5.01 Å². The molecule has 0 aromatic carbocycles. The monoisotopic (exact) mass is 210 g/mol. The maximum absolute atomic E-state index is 8.94. The molecule has 5 nitrogen and oxygen atoms in total. The summed E-state index contributed by atoms with van der Waals surface area (Å²) in [4.78, 5) is 13.2. The third-order valence-electron chi connectivity index (χ3n) is 1.72. The summed E-state index contributed by atoms with van der Waals surface area (Å²) in [5.74, 6) is 0.730. The van der Waals surface area contributed by atoms with Gasteiger partial charge in [-0.2, -0.15) is 0 Å². The molecule has 0 unspecified atom stereocenters. The van der Waals surface area contributed by atoms with Crippen LogP contribution in [0.3, 0.4) is 0 Å². The number of nitrogens with one attached hydrogen (secondary N) is 1. The molecule has 0 bridgehead atoms. The molecule has 2 rings (SSSR count). The van der Waals surface area contributed by atoms with E-state index in [0.717, 1.165) is 22.7 Å². The molecule has 0 aliphatic rings. The second-order valence-corrected chi connectivity index (χ2v) is 3.73. The number of aromatic nitrogens is 3. The maximum Gasteiger partial charge on any atom is 0.156 e. The molecule has 2 N–H and O–H groups in total. The van der Waals surface area contributed by atoms with Gasteiger partial charge >= 0.3 is 0 Å². The Kier molecular flexibility index (Phi) is 2.55. The van der Waals surface area contributed by atoms with Crippen molar-refractivity contribution in [1.82, 2.24) is 15.0 Å². The summed E-state index contributed by atoms with van der Waals surface area (Å²) in [6.45, 7) is 2.73. The molecular formula is C8H10N4OS.